The lowest BCUT2D eigenvalue weighted by Crippen LogP contribution is -2.31. The summed E-state index contributed by atoms with van der Waals surface area (Å²) >= 11 is 5.32. The molecular formula is C12H10BrIN2O3. The van der Waals surface area contributed by atoms with Gasteiger partial charge in [0.15, 0.2) is 0 Å². The lowest BCUT2D eigenvalue weighted by Gasteiger charge is -2.09. The number of hydrogen-bond donors (Lipinski definition) is 1. The van der Waals surface area contributed by atoms with Gasteiger partial charge in [-0.2, -0.15) is 0 Å². The number of nitrogens with one attached hydrogen (secondary N) is 1. The molecule has 5 nitrogen and oxygen atoms in total. The van der Waals surface area contributed by atoms with Gasteiger partial charge in [-0.05, 0) is 46.4 Å². The second-order valence-electron chi connectivity index (χ2n) is 3.82. The first-order valence-corrected chi connectivity index (χ1v) is 7.20. The van der Waals surface area contributed by atoms with E-state index in [0.29, 0.717) is 15.9 Å². The summed E-state index contributed by atoms with van der Waals surface area (Å²) in [6, 6.07) is 5.53. The van der Waals surface area contributed by atoms with Crippen molar-refractivity contribution in [2.45, 2.75) is 6.54 Å². The second kappa shape index (κ2) is 5.91. The normalized spacial score (nSPS) is 10.5. The maximum absolute atomic E-state index is 11.7. The van der Waals surface area contributed by atoms with Crippen molar-refractivity contribution in [3.05, 3.63) is 58.8 Å². The molecule has 1 aromatic heterocycles. The molecule has 0 fully saturated rings. The molecule has 0 aliphatic heterocycles. The van der Waals surface area contributed by atoms with E-state index in [0.717, 1.165) is 10.0 Å². The molecule has 100 valence electrons. The summed E-state index contributed by atoms with van der Waals surface area (Å²) in [6.45, 7) is 0.351. The Morgan fingerprint density at radius 3 is 2.84 bits per heavy atom. The van der Waals surface area contributed by atoms with Crippen LogP contribution in [-0.4, -0.2) is 16.7 Å². The second-order valence-corrected chi connectivity index (χ2v) is 5.84. The molecule has 19 heavy (non-hydrogen) atoms. The van der Waals surface area contributed by atoms with Crippen molar-refractivity contribution < 1.29 is 4.74 Å². The van der Waals surface area contributed by atoms with Gasteiger partial charge < -0.3 is 4.74 Å². The fourth-order valence-electron chi connectivity index (χ4n) is 1.58. The summed E-state index contributed by atoms with van der Waals surface area (Å²) < 4.78 is 7.95. The Morgan fingerprint density at radius 1 is 1.42 bits per heavy atom. The number of halogens is 2. The van der Waals surface area contributed by atoms with Gasteiger partial charge >= 0.3 is 5.69 Å². The summed E-state index contributed by atoms with van der Waals surface area (Å²) in [4.78, 5) is 25.3. The maximum atomic E-state index is 11.7. The number of hydrogen-bond acceptors (Lipinski definition) is 3. The quantitative estimate of drug-likeness (QED) is 0.748. The number of nitrogens with zero attached hydrogens (tertiary/aromatic N) is 1. The lowest BCUT2D eigenvalue weighted by molar-refractivity contribution is 0.414. The Morgan fingerprint density at radius 2 is 2.16 bits per heavy atom. The highest BCUT2D eigenvalue weighted by Crippen LogP contribution is 2.22. The molecule has 0 aliphatic carbocycles. The first-order valence-electron chi connectivity index (χ1n) is 5.33. The zero-order valence-electron chi connectivity index (χ0n) is 9.94. The number of benzene rings is 1. The first-order chi connectivity index (χ1) is 9.01. The van der Waals surface area contributed by atoms with Gasteiger partial charge in [0.1, 0.15) is 5.75 Å². The van der Waals surface area contributed by atoms with Crippen molar-refractivity contribution in [2.75, 3.05) is 7.11 Å². The van der Waals surface area contributed by atoms with Crippen molar-refractivity contribution in [3.8, 4) is 5.75 Å². The van der Waals surface area contributed by atoms with Crippen molar-refractivity contribution >= 4 is 38.5 Å². The average molecular weight is 437 g/mol. The van der Waals surface area contributed by atoms with Crippen LogP contribution in [0.5, 0.6) is 5.75 Å². The van der Waals surface area contributed by atoms with Gasteiger partial charge in [0, 0.05) is 10.7 Å². The fourth-order valence-corrected chi connectivity index (χ4v) is 2.43. The molecule has 2 aromatic rings. The smallest absolute Gasteiger partial charge is 0.328 e. The molecule has 0 saturated carbocycles. The first kappa shape index (κ1) is 14.3. The third kappa shape index (κ3) is 3.27. The molecule has 7 heteroatoms. The summed E-state index contributed by atoms with van der Waals surface area (Å²) in [5.41, 5.74) is 0.0935. The summed E-state index contributed by atoms with van der Waals surface area (Å²) in [5.74, 6) is 0.713. The largest absolute Gasteiger partial charge is 0.497 e. The van der Waals surface area contributed by atoms with Crippen LogP contribution in [0.1, 0.15) is 5.56 Å². The fraction of sp³-hybridized carbons (Fsp3) is 0.167. The van der Waals surface area contributed by atoms with Gasteiger partial charge in [0.05, 0.1) is 17.2 Å². The van der Waals surface area contributed by atoms with E-state index in [4.69, 9.17) is 4.74 Å². The molecule has 1 heterocycles. The summed E-state index contributed by atoms with van der Waals surface area (Å²) in [6.07, 6.45) is 1.54. The van der Waals surface area contributed by atoms with E-state index >= 15 is 0 Å². The van der Waals surface area contributed by atoms with E-state index in [1.165, 1.54) is 10.8 Å². The van der Waals surface area contributed by atoms with Crippen LogP contribution in [-0.2, 0) is 6.54 Å². The predicted molar refractivity (Wildman–Crippen MR) is 83.8 cm³/mol. The zero-order valence-corrected chi connectivity index (χ0v) is 13.7. The Labute approximate surface area is 130 Å². The van der Waals surface area contributed by atoms with Crippen molar-refractivity contribution in [1.29, 1.82) is 0 Å². The molecule has 0 amide bonds. The highest BCUT2D eigenvalue weighted by Gasteiger charge is 2.06. The van der Waals surface area contributed by atoms with Crippen LogP contribution in [0.25, 0.3) is 0 Å². The molecule has 1 aromatic carbocycles. The van der Waals surface area contributed by atoms with Crippen molar-refractivity contribution in [2.24, 2.45) is 0 Å². The van der Waals surface area contributed by atoms with Gasteiger partial charge in [0.2, 0.25) is 0 Å². The van der Waals surface area contributed by atoms with Crippen LogP contribution in [0, 0.1) is 3.57 Å². The number of aromatic amines is 1. The highest BCUT2D eigenvalue weighted by molar-refractivity contribution is 14.1. The molecule has 0 aliphatic rings. The molecule has 0 bridgehead atoms. The molecular weight excluding hydrogens is 427 g/mol. The molecule has 0 radical (unpaired) electrons. The minimum absolute atomic E-state index is 0.351. The van der Waals surface area contributed by atoms with Gasteiger partial charge in [-0.3, -0.25) is 14.3 Å². The minimum Gasteiger partial charge on any atom is -0.497 e. The molecule has 1 N–H and O–H groups in total. The lowest BCUT2D eigenvalue weighted by atomic mass is 10.2. The number of methoxy groups -OCH3 is 1. The Balaban J connectivity index is 2.44. The molecule has 0 atom stereocenters. The molecule has 0 saturated heterocycles. The highest BCUT2D eigenvalue weighted by atomic mass is 127. The standard InChI is InChI=1S/C12H10BrIN2O3/c1-19-8-2-3-9(13)7(4-8)5-16-6-10(14)11(17)15-12(16)18/h2-4,6H,5H2,1H3,(H,15,17,18). The van der Waals surface area contributed by atoms with Crippen LogP contribution in [0.4, 0.5) is 0 Å². The SMILES string of the molecule is COc1ccc(Br)c(Cn2cc(I)c(=O)[nH]c2=O)c1. The average Bonchev–Trinajstić information content (AvgIpc) is 2.38. The summed E-state index contributed by atoms with van der Waals surface area (Å²) in [5, 5.41) is 0. The third-order valence-electron chi connectivity index (χ3n) is 2.56. The number of H-pyrrole nitrogens is 1. The van der Waals surface area contributed by atoms with Crippen molar-refractivity contribution in [3.63, 3.8) is 0 Å². The van der Waals surface area contributed by atoms with Gasteiger partial charge in [-0.15, -0.1) is 0 Å². The van der Waals surface area contributed by atoms with Crippen LogP contribution >= 0.6 is 38.5 Å². The Kier molecular flexibility index (Phi) is 4.46. The van der Waals surface area contributed by atoms with Gasteiger partial charge in [-0.1, -0.05) is 15.9 Å². The van der Waals surface area contributed by atoms with E-state index in [1.807, 2.05) is 40.8 Å². The van der Waals surface area contributed by atoms with Crippen molar-refractivity contribution in [1.82, 2.24) is 9.55 Å². The van der Waals surface area contributed by atoms with Gasteiger partial charge in [0.25, 0.3) is 5.56 Å². The molecule has 2 rings (SSSR count). The number of ether oxygens (including phenoxy) is 1. The maximum Gasteiger partial charge on any atom is 0.328 e. The van der Waals surface area contributed by atoms with Crippen LogP contribution in [0.2, 0.25) is 0 Å². The predicted octanol–water partition coefficient (Wildman–Crippen LogP) is 1.96. The molecule has 0 spiro atoms. The van der Waals surface area contributed by atoms with E-state index in [-0.39, 0.29) is 5.56 Å². The number of rotatable bonds is 3. The van der Waals surface area contributed by atoms with Gasteiger partial charge in [-0.25, -0.2) is 4.79 Å². The van der Waals surface area contributed by atoms with Crippen LogP contribution in [0.3, 0.4) is 0 Å². The van der Waals surface area contributed by atoms with Crippen LogP contribution in [0.15, 0.2) is 38.5 Å². The summed E-state index contributed by atoms with van der Waals surface area (Å²) in [7, 11) is 1.59. The monoisotopic (exact) mass is 436 g/mol. The number of aromatic nitrogens is 2. The van der Waals surface area contributed by atoms with E-state index in [1.54, 1.807) is 7.11 Å². The van der Waals surface area contributed by atoms with E-state index in [9.17, 15) is 9.59 Å². The van der Waals surface area contributed by atoms with E-state index < -0.39 is 5.69 Å². The Bertz CT molecular complexity index is 724. The third-order valence-corrected chi connectivity index (χ3v) is 4.10. The Hall–Kier alpha value is -1.09. The van der Waals surface area contributed by atoms with E-state index in [2.05, 4.69) is 20.9 Å². The zero-order chi connectivity index (χ0) is 14.0. The minimum atomic E-state index is -0.430. The van der Waals surface area contributed by atoms with Crippen LogP contribution < -0.4 is 16.0 Å². The topological polar surface area (TPSA) is 64.1 Å². The molecule has 0 unspecified atom stereocenters.